The lowest BCUT2D eigenvalue weighted by molar-refractivity contribution is 0.346. The molecule has 28 heavy (non-hydrogen) atoms. The molecule has 1 aromatic carbocycles. The van der Waals surface area contributed by atoms with Crippen molar-refractivity contribution in [3.05, 3.63) is 70.1 Å². The molecule has 152 valence electrons. The zero-order valence-corrected chi connectivity index (χ0v) is 17.8. The summed E-state index contributed by atoms with van der Waals surface area (Å²) < 4.78 is 1.71. The van der Waals surface area contributed by atoms with E-state index in [4.69, 9.17) is 0 Å². The van der Waals surface area contributed by atoms with Gasteiger partial charge in [-0.2, -0.15) is 0 Å². The fourth-order valence-corrected chi connectivity index (χ4v) is 2.89. The van der Waals surface area contributed by atoms with Gasteiger partial charge in [-0.1, -0.05) is 51.1 Å². The fourth-order valence-electron chi connectivity index (χ4n) is 2.89. The molecule has 5 nitrogen and oxygen atoms in total. The normalized spacial score (nSPS) is 13.2. The monoisotopic (exact) mass is 382 g/mol. The molecule has 2 aromatic rings. The van der Waals surface area contributed by atoms with Crippen LogP contribution in [0.3, 0.4) is 0 Å². The minimum Gasteiger partial charge on any atom is -0.354 e. The second-order valence-corrected chi connectivity index (χ2v) is 8.55. The third-order valence-corrected chi connectivity index (χ3v) is 4.67. The molecule has 0 aliphatic carbocycles. The van der Waals surface area contributed by atoms with Crippen LogP contribution in [-0.2, 0) is 13.1 Å². The molecule has 5 heteroatoms. The molecular weight excluding hydrogens is 348 g/mol. The second kappa shape index (κ2) is 10.1. The molecule has 2 N–H and O–H groups in total. The molecule has 1 aromatic heterocycles. The van der Waals surface area contributed by atoms with Crippen LogP contribution in [0.15, 0.2) is 58.4 Å². The molecule has 0 amide bonds. The van der Waals surface area contributed by atoms with Gasteiger partial charge in [0.15, 0.2) is 5.96 Å². The van der Waals surface area contributed by atoms with E-state index in [-0.39, 0.29) is 5.56 Å². The van der Waals surface area contributed by atoms with Gasteiger partial charge in [-0.15, -0.1) is 0 Å². The average Bonchev–Trinajstić information content (AvgIpc) is 2.66. The zero-order valence-electron chi connectivity index (χ0n) is 17.8. The quantitative estimate of drug-likeness (QED) is 0.566. The van der Waals surface area contributed by atoms with Crippen LogP contribution in [0.1, 0.15) is 51.7 Å². The van der Waals surface area contributed by atoms with Crippen LogP contribution >= 0.6 is 0 Å². The summed E-state index contributed by atoms with van der Waals surface area (Å²) in [7, 11) is 1.80. The minimum absolute atomic E-state index is 0.0173. The molecule has 0 bridgehead atoms. The molecule has 0 saturated heterocycles. The number of benzene rings is 1. The molecular formula is C23H34N4O. The molecule has 0 saturated carbocycles. The highest BCUT2D eigenvalue weighted by Crippen LogP contribution is 2.21. The third-order valence-electron chi connectivity index (χ3n) is 4.67. The maximum Gasteiger partial charge on any atom is 0.250 e. The van der Waals surface area contributed by atoms with Crippen LogP contribution in [-0.4, -0.2) is 23.6 Å². The number of hydrogen-bond acceptors (Lipinski definition) is 2. The van der Waals surface area contributed by atoms with Gasteiger partial charge in [0.1, 0.15) is 0 Å². The number of aliphatic imine (C=N–C) groups is 1. The lowest BCUT2D eigenvalue weighted by atomic mass is 9.89. The van der Waals surface area contributed by atoms with Gasteiger partial charge < -0.3 is 15.2 Å². The lowest BCUT2D eigenvalue weighted by Crippen LogP contribution is -2.42. The SMILES string of the molecule is CN=C(NCc1ccc(Cn2ccccc2=O)cc1)NC(C)CCC(C)(C)C. The van der Waals surface area contributed by atoms with Crippen LogP contribution in [0.4, 0.5) is 0 Å². The molecule has 0 radical (unpaired) electrons. The number of pyridine rings is 1. The Morgan fingerprint density at radius 3 is 2.39 bits per heavy atom. The second-order valence-electron chi connectivity index (χ2n) is 8.55. The van der Waals surface area contributed by atoms with E-state index in [2.05, 4.69) is 67.6 Å². The number of nitrogens with zero attached hydrogens (tertiary/aromatic N) is 2. The van der Waals surface area contributed by atoms with Crippen molar-refractivity contribution >= 4 is 5.96 Å². The van der Waals surface area contributed by atoms with Crippen LogP contribution in [0.2, 0.25) is 0 Å². The summed E-state index contributed by atoms with van der Waals surface area (Å²) in [6.07, 6.45) is 4.09. The zero-order chi connectivity index (χ0) is 20.6. The first kappa shape index (κ1) is 21.7. The summed E-state index contributed by atoms with van der Waals surface area (Å²) >= 11 is 0. The Morgan fingerprint density at radius 2 is 1.79 bits per heavy atom. The molecule has 0 aliphatic rings. The van der Waals surface area contributed by atoms with Crippen molar-refractivity contribution < 1.29 is 0 Å². The van der Waals surface area contributed by atoms with Gasteiger partial charge in [0.25, 0.3) is 5.56 Å². The van der Waals surface area contributed by atoms with E-state index in [1.165, 1.54) is 12.0 Å². The standard InChI is InChI=1S/C23H34N4O/c1-18(13-14-23(2,3)4)26-22(24-5)25-16-19-9-11-20(12-10-19)17-27-15-7-6-8-21(27)28/h6-12,15,18H,13-14,16-17H2,1-5H3,(H2,24,25,26). The maximum atomic E-state index is 11.8. The lowest BCUT2D eigenvalue weighted by Gasteiger charge is -2.23. The largest absolute Gasteiger partial charge is 0.354 e. The van der Waals surface area contributed by atoms with Crippen molar-refractivity contribution in [1.82, 2.24) is 15.2 Å². The molecule has 1 heterocycles. The Labute approximate surface area is 168 Å². The minimum atomic E-state index is 0.0173. The van der Waals surface area contributed by atoms with Crippen LogP contribution in [0.5, 0.6) is 0 Å². The van der Waals surface area contributed by atoms with Crippen molar-refractivity contribution in [2.75, 3.05) is 7.05 Å². The van der Waals surface area contributed by atoms with Crippen molar-refractivity contribution in [2.24, 2.45) is 10.4 Å². The van der Waals surface area contributed by atoms with Gasteiger partial charge in [-0.05, 0) is 42.4 Å². The number of hydrogen-bond donors (Lipinski definition) is 2. The van der Waals surface area contributed by atoms with Crippen molar-refractivity contribution in [1.29, 1.82) is 0 Å². The topological polar surface area (TPSA) is 58.4 Å². The number of guanidine groups is 1. The predicted molar refractivity (Wildman–Crippen MR) is 118 cm³/mol. The molecule has 1 atom stereocenters. The van der Waals surface area contributed by atoms with E-state index in [0.717, 1.165) is 17.9 Å². The van der Waals surface area contributed by atoms with Gasteiger partial charge in [0.2, 0.25) is 0 Å². The summed E-state index contributed by atoms with van der Waals surface area (Å²) in [5.74, 6) is 0.821. The fraction of sp³-hybridized carbons (Fsp3) is 0.478. The van der Waals surface area contributed by atoms with Gasteiger partial charge in [0, 0.05) is 31.9 Å². The number of nitrogens with one attached hydrogen (secondary N) is 2. The highest BCUT2D eigenvalue weighted by Gasteiger charge is 2.13. The summed E-state index contributed by atoms with van der Waals surface area (Å²) in [5, 5.41) is 6.84. The molecule has 0 aliphatic heterocycles. The van der Waals surface area contributed by atoms with Crippen LogP contribution < -0.4 is 16.2 Å². The molecule has 1 unspecified atom stereocenters. The summed E-state index contributed by atoms with van der Waals surface area (Å²) in [6.45, 7) is 10.3. The van der Waals surface area contributed by atoms with E-state index in [1.54, 1.807) is 23.7 Å². The highest BCUT2D eigenvalue weighted by atomic mass is 16.1. The number of rotatable bonds is 7. The third kappa shape index (κ3) is 7.59. The highest BCUT2D eigenvalue weighted by molar-refractivity contribution is 5.79. The summed E-state index contributed by atoms with van der Waals surface area (Å²) in [4.78, 5) is 16.2. The Hall–Kier alpha value is -2.56. The van der Waals surface area contributed by atoms with E-state index in [9.17, 15) is 4.79 Å². The Morgan fingerprint density at radius 1 is 1.11 bits per heavy atom. The van der Waals surface area contributed by atoms with E-state index < -0.39 is 0 Å². The Kier molecular flexibility index (Phi) is 7.85. The first-order valence-corrected chi connectivity index (χ1v) is 9.97. The molecule has 0 fully saturated rings. The summed E-state index contributed by atoms with van der Waals surface area (Å²) in [6, 6.07) is 13.9. The van der Waals surface area contributed by atoms with E-state index >= 15 is 0 Å². The first-order chi connectivity index (χ1) is 13.3. The smallest absolute Gasteiger partial charge is 0.250 e. The van der Waals surface area contributed by atoms with Gasteiger partial charge in [-0.3, -0.25) is 9.79 Å². The average molecular weight is 383 g/mol. The van der Waals surface area contributed by atoms with Crippen molar-refractivity contribution in [3.63, 3.8) is 0 Å². The number of aromatic nitrogens is 1. The van der Waals surface area contributed by atoms with Crippen molar-refractivity contribution in [2.45, 2.75) is 59.7 Å². The van der Waals surface area contributed by atoms with Gasteiger partial charge in [-0.25, -0.2) is 0 Å². The Balaban J connectivity index is 1.84. The van der Waals surface area contributed by atoms with Gasteiger partial charge in [0.05, 0.1) is 6.54 Å². The molecule has 2 rings (SSSR count). The summed E-state index contributed by atoms with van der Waals surface area (Å²) in [5.41, 5.74) is 2.65. The van der Waals surface area contributed by atoms with Gasteiger partial charge >= 0.3 is 0 Å². The van der Waals surface area contributed by atoms with Crippen LogP contribution in [0, 0.1) is 5.41 Å². The van der Waals surface area contributed by atoms with Crippen LogP contribution in [0.25, 0.3) is 0 Å². The predicted octanol–water partition coefficient (Wildman–Crippen LogP) is 3.78. The molecule has 0 spiro atoms. The van der Waals surface area contributed by atoms with E-state index in [0.29, 0.717) is 24.5 Å². The first-order valence-electron chi connectivity index (χ1n) is 9.97. The van der Waals surface area contributed by atoms with E-state index in [1.807, 2.05) is 12.3 Å². The Bertz CT molecular complexity index is 815. The van der Waals surface area contributed by atoms with Crippen molar-refractivity contribution in [3.8, 4) is 0 Å². The maximum absolute atomic E-state index is 11.8.